The van der Waals surface area contributed by atoms with Gasteiger partial charge in [-0.05, 0) is 18.2 Å². The molecule has 1 unspecified atom stereocenters. The van der Waals surface area contributed by atoms with Crippen LogP contribution in [0.2, 0.25) is 0 Å². The van der Waals surface area contributed by atoms with Crippen LogP contribution >= 0.6 is 12.6 Å². The Morgan fingerprint density at radius 1 is 1.50 bits per heavy atom. The molecule has 1 aliphatic rings. The van der Waals surface area contributed by atoms with Crippen molar-refractivity contribution in [3.05, 3.63) is 29.6 Å². The maximum atomic E-state index is 13.0. The molecule has 1 atom stereocenters. The van der Waals surface area contributed by atoms with Gasteiger partial charge in [0.15, 0.2) is 11.2 Å². The van der Waals surface area contributed by atoms with Crippen LogP contribution in [0.1, 0.15) is 5.56 Å². The van der Waals surface area contributed by atoms with Crippen molar-refractivity contribution in [3.63, 3.8) is 0 Å². The van der Waals surface area contributed by atoms with Crippen molar-refractivity contribution >= 4 is 29.9 Å². The van der Waals surface area contributed by atoms with E-state index < -0.39 is 17.2 Å². The first-order valence-electron chi connectivity index (χ1n) is 4.45. The molecule has 0 radical (unpaired) electrons. The molecule has 0 fully saturated rings. The molecule has 1 amide bonds. The molecule has 1 aromatic carbocycles. The number of carbonyl (C=O) groups is 1. The van der Waals surface area contributed by atoms with E-state index in [4.69, 9.17) is 5.73 Å². The lowest BCUT2D eigenvalue weighted by Gasteiger charge is -2.20. The molecule has 2 rings (SSSR count). The highest BCUT2D eigenvalue weighted by Gasteiger charge is 2.23. The van der Waals surface area contributed by atoms with Crippen LogP contribution in [0.5, 0.6) is 0 Å². The third-order valence-electron chi connectivity index (χ3n) is 2.05. The molecule has 1 aliphatic heterocycles. The van der Waals surface area contributed by atoms with Crippen molar-refractivity contribution in [1.29, 1.82) is 0 Å². The van der Waals surface area contributed by atoms with Crippen LogP contribution in [0.3, 0.4) is 0 Å². The quantitative estimate of drug-likeness (QED) is 0.413. The minimum absolute atomic E-state index is 0.0438. The highest BCUT2D eigenvalue weighted by Crippen LogP contribution is 2.15. The minimum atomic E-state index is -0.550. The van der Waals surface area contributed by atoms with Crippen LogP contribution in [0, 0.1) is 5.82 Å². The second-order valence-corrected chi connectivity index (χ2v) is 3.71. The molecule has 0 bridgehead atoms. The first-order valence-corrected chi connectivity index (χ1v) is 4.97. The molecule has 1 heterocycles. The van der Waals surface area contributed by atoms with Gasteiger partial charge >= 0.3 is 0 Å². The molecule has 0 saturated heterocycles. The number of nitrogens with one attached hydrogen (secondary N) is 2. The molecular formula is C9H9FN4OS. The van der Waals surface area contributed by atoms with E-state index in [0.29, 0.717) is 0 Å². The van der Waals surface area contributed by atoms with Crippen LogP contribution in [-0.2, 0) is 4.79 Å². The molecular weight excluding hydrogens is 231 g/mol. The van der Waals surface area contributed by atoms with E-state index in [1.54, 1.807) is 0 Å². The number of nitrogens with two attached hydrogens (primary N) is 1. The molecule has 0 spiro atoms. The lowest BCUT2D eigenvalue weighted by molar-refractivity contribution is -0.115. The fraction of sp³-hybridized carbons (Fsp3) is 0.111. The monoisotopic (exact) mass is 240 g/mol. The zero-order chi connectivity index (χ0) is 11.7. The Bertz CT molecular complexity index is 477. The largest absolute Gasteiger partial charge is 0.398 e. The average molecular weight is 240 g/mol. The van der Waals surface area contributed by atoms with Gasteiger partial charge in [0.2, 0.25) is 0 Å². The second-order valence-electron chi connectivity index (χ2n) is 3.20. The zero-order valence-electron chi connectivity index (χ0n) is 8.07. The number of amides is 1. The van der Waals surface area contributed by atoms with Crippen LogP contribution < -0.4 is 16.5 Å². The van der Waals surface area contributed by atoms with Gasteiger partial charge in [-0.2, -0.15) is 5.10 Å². The highest BCUT2D eigenvalue weighted by molar-refractivity contribution is 7.80. The van der Waals surface area contributed by atoms with E-state index >= 15 is 0 Å². The van der Waals surface area contributed by atoms with Crippen molar-refractivity contribution in [2.24, 2.45) is 5.10 Å². The topological polar surface area (TPSA) is 79.5 Å². The average Bonchev–Trinajstić information content (AvgIpc) is 2.22. The van der Waals surface area contributed by atoms with Gasteiger partial charge in [-0.3, -0.25) is 10.2 Å². The SMILES string of the molecule is Nc1ccc(F)cc1C1=NNC(S)NC1=O. The maximum Gasteiger partial charge on any atom is 0.274 e. The Balaban J connectivity index is 2.44. The Morgan fingerprint density at radius 3 is 2.94 bits per heavy atom. The lowest BCUT2D eigenvalue weighted by Crippen LogP contribution is -2.48. The highest BCUT2D eigenvalue weighted by atomic mass is 32.1. The fourth-order valence-corrected chi connectivity index (χ4v) is 1.49. The third-order valence-corrected chi connectivity index (χ3v) is 2.30. The molecule has 5 nitrogen and oxygen atoms in total. The summed E-state index contributed by atoms with van der Waals surface area (Å²) in [6.45, 7) is 0. The summed E-state index contributed by atoms with van der Waals surface area (Å²) in [5.74, 6) is -0.927. The van der Waals surface area contributed by atoms with Gasteiger partial charge in [0.1, 0.15) is 5.82 Å². The normalized spacial score (nSPS) is 19.8. The number of halogens is 1. The van der Waals surface area contributed by atoms with E-state index in [9.17, 15) is 9.18 Å². The van der Waals surface area contributed by atoms with Crippen molar-refractivity contribution < 1.29 is 9.18 Å². The van der Waals surface area contributed by atoms with Crippen LogP contribution in [-0.4, -0.2) is 17.1 Å². The molecule has 84 valence electrons. The number of thiol groups is 1. The Hall–Kier alpha value is -1.76. The van der Waals surface area contributed by atoms with E-state index in [0.717, 1.165) is 6.07 Å². The summed E-state index contributed by atoms with van der Waals surface area (Å²) in [5.41, 5.74) is 8.23. The molecule has 1 aromatic rings. The number of hydrogen-bond donors (Lipinski definition) is 4. The smallest absolute Gasteiger partial charge is 0.274 e. The fourth-order valence-electron chi connectivity index (χ4n) is 1.32. The number of hydrogen-bond acceptors (Lipinski definition) is 5. The van der Waals surface area contributed by atoms with E-state index in [1.807, 2.05) is 0 Å². The van der Waals surface area contributed by atoms with Gasteiger partial charge < -0.3 is 11.1 Å². The lowest BCUT2D eigenvalue weighted by atomic mass is 10.1. The molecule has 0 aliphatic carbocycles. The number of anilines is 1. The van der Waals surface area contributed by atoms with E-state index in [-0.39, 0.29) is 17.0 Å². The molecule has 4 N–H and O–H groups in total. The van der Waals surface area contributed by atoms with Crippen molar-refractivity contribution in [1.82, 2.24) is 10.7 Å². The molecule has 7 heteroatoms. The van der Waals surface area contributed by atoms with Crippen LogP contribution in [0.4, 0.5) is 10.1 Å². The summed E-state index contributed by atoms with van der Waals surface area (Å²) in [6.07, 6.45) is 0. The Labute approximate surface area is 96.3 Å². The summed E-state index contributed by atoms with van der Waals surface area (Å²) in [5, 5.41) is 6.28. The van der Waals surface area contributed by atoms with Gasteiger partial charge in [-0.25, -0.2) is 4.39 Å². The van der Waals surface area contributed by atoms with Gasteiger partial charge in [-0.1, -0.05) is 0 Å². The number of rotatable bonds is 1. The van der Waals surface area contributed by atoms with Crippen LogP contribution in [0.15, 0.2) is 23.3 Å². The summed E-state index contributed by atoms with van der Waals surface area (Å²) in [6, 6.07) is 3.76. The summed E-state index contributed by atoms with van der Waals surface area (Å²) in [4.78, 5) is 11.6. The van der Waals surface area contributed by atoms with Gasteiger partial charge in [0, 0.05) is 11.3 Å². The zero-order valence-corrected chi connectivity index (χ0v) is 8.96. The molecule has 0 saturated carbocycles. The molecule has 16 heavy (non-hydrogen) atoms. The summed E-state index contributed by atoms with van der Waals surface area (Å²) in [7, 11) is 0. The van der Waals surface area contributed by atoms with Gasteiger partial charge in [0.05, 0.1) is 0 Å². The maximum absolute atomic E-state index is 13.0. The predicted octanol–water partition coefficient (Wildman–Crippen LogP) is 0.0448. The Morgan fingerprint density at radius 2 is 2.25 bits per heavy atom. The van der Waals surface area contributed by atoms with Crippen molar-refractivity contribution in [2.45, 2.75) is 5.50 Å². The third kappa shape index (κ3) is 1.94. The van der Waals surface area contributed by atoms with E-state index in [1.165, 1.54) is 12.1 Å². The first kappa shape index (κ1) is 10.7. The standard InChI is InChI=1S/C9H9FN4OS/c10-4-1-2-6(11)5(3-4)7-8(15)12-9(16)14-13-7/h1-3,9,14,16H,11H2,(H,12,15). The van der Waals surface area contributed by atoms with Gasteiger partial charge in [0.25, 0.3) is 5.91 Å². The van der Waals surface area contributed by atoms with E-state index in [2.05, 4.69) is 28.5 Å². The summed E-state index contributed by atoms with van der Waals surface area (Å²) >= 11 is 3.96. The second kappa shape index (κ2) is 4.01. The van der Waals surface area contributed by atoms with Crippen LogP contribution in [0.25, 0.3) is 0 Å². The predicted molar refractivity (Wildman–Crippen MR) is 61.4 cm³/mol. The first-order chi connectivity index (χ1) is 7.58. The minimum Gasteiger partial charge on any atom is -0.398 e. The van der Waals surface area contributed by atoms with Crippen molar-refractivity contribution in [3.8, 4) is 0 Å². The van der Waals surface area contributed by atoms with Gasteiger partial charge in [-0.15, -0.1) is 12.6 Å². The number of nitrogen functional groups attached to an aromatic ring is 1. The Kier molecular flexibility index (Phi) is 2.69. The summed E-state index contributed by atoms with van der Waals surface area (Å²) < 4.78 is 13.0. The van der Waals surface area contributed by atoms with Crippen molar-refractivity contribution in [2.75, 3.05) is 5.73 Å². The molecule has 0 aromatic heterocycles. The number of nitrogens with zero attached hydrogens (tertiary/aromatic N) is 1. The number of carbonyl (C=O) groups excluding carboxylic acids is 1. The number of hydrazone groups is 1. The number of benzene rings is 1.